The fourth-order valence-electron chi connectivity index (χ4n) is 1.53. The lowest BCUT2D eigenvalue weighted by molar-refractivity contribution is 0.0689. The van der Waals surface area contributed by atoms with Crippen molar-refractivity contribution in [3.63, 3.8) is 0 Å². The number of aromatic carboxylic acids is 1. The normalized spacial score (nSPS) is 10.3. The van der Waals surface area contributed by atoms with Crippen molar-refractivity contribution in [2.24, 2.45) is 0 Å². The van der Waals surface area contributed by atoms with Crippen molar-refractivity contribution in [2.45, 2.75) is 13.8 Å². The van der Waals surface area contributed by atoms with Gasteiger partial charge in [0.1, 0.15) is 5.75 Å². The fraction of sp³-hybridized carbons (Fsp3) is 0.250. The first-order valence-corrected chi connectivity index (χ1v) is 5.52. The molecule has 1 heterocycles. The second kappa shape index (κ2) is 4.87. The number of carboxylic acids is 1. The number of hydrogen-bond acceptors (Lipinski definition) is 4. The number of carboxylic acid groups (broad SMARTS) is 1. The Morgan fingerprint density at radius 3 is 2.50 bits per heavy atom. The zero-order valence-corrected chi connectivity index (χ0v) is 10.1. The minimum Gasteiger partial charge on any atom is -0.494 e. The summed E-state index contributed by atoms with van der Waals surface area (Å²) in [6.07, 6.45) is 0. The Kier molecular flexibility index (Phi) is 3.27. The summed E-state index contributed by atoms with van der Waals surface area (Å²) in [5.41, 5.74) is 1.04. The molecule has 1 aromatic carbocycles. The van der Waals surface area contributed by atoms with Crippen molar-refractivity contribution in [3.05, 3.63) is 35.7 Å². The van der Waals surface area contributed by atoms with E-state index in [9.17, 15) is 4.79 Å². The maximum atomic E-state index is 10.9. The Morgan fingerprint density at radius 2 is 2.00 bits per heavy atom. The number of aryl methyl sites for hydroxylation is 1. The molecule has 2 aromatic rings. The maximum absolute atomic E-state index is 10.9. The quantitative estimate of drug-likeness (QED) is 0.889. The maximum Gasteiger partial charge on any atom is 0.358 e. The zero-order valence-electron chi connectivity index (χ0n) is 10.1. The predicted molar refractivity (Wildman–Crippen MR) is 64.2 cm³/mol. The van der Waals surface area contributed by atoms with Gasteiger partial charge in [-0.05, 0) is 38.1 Å². The van der Waals surface area contributed by atoms with Gasteiger partial charge in [-0.3, -0.25) is 0 Å². The third-order valence-corrected chi connectivity index (χ3v) is 2.36. The Hall–Kier alpha value is -2.37. The molecule has 1 aromatic heterocycles. The van der Waals surface area contributed by atoms with Gasteiger partial charge in [0.25, 0.3) is 0 Å². The number of ether oxygens (including phenoxy) is 1. The van der Waals surface area contributed by atoms with Crippen LogP contribution in [0.5, 0.6) is 5.75 Å². The van der Waals surface area contributed by atoms with E-state index in [0.29, 0.717) is 18.0 Å². The lowest BCUT2D eigenvalue weighted by Crippen LogP contribution is -2.02. The number of hydrogen-bond donors (Lipinski definition) is 1. The average molecular weight is 247 g/mol. The summed E-state index contributed by atoms with van der Waals surface area (Å²) >= 11 is 0. The van der Waals surface area contributed by atoms with E-state index in [1.807, 2.05) is 6.92 Å². The van der Waals surface area contributed by atoms with Gasteiger partial charge in [0, 0.05) is 0 Å². The molecule has 0 radical (unpaired) electrons. The van der Waals surface area contributed by atoms with E-state index in [1.54, 1.807) is 31.2 Å². The number of nitrogens with zero attached hydrogens (tertiary/aromatic N) is 3. The van der Waals surface area contributed by atoms with E-state index in [2.05, 4.69) is 10.2 Å². The molecule has 0 aliphatic heterocycles. The summed E-state index contributed by atoms with van der Waals surface area (Å²) in [7, 11) is 0. The molecule has 0 atom stereocenters. The highest BCUT2D eigenvalue weighted by molar-refractivity contribution is 5.86. The summed E-state index contributed by atoms with van der Waals surface area (Å²) in [6, 6.07) is 7.13. The van der Waals surface area contributed by atoms with E-state index >= 15 is 0 Å². The van der Waals surface area contributed by atoms with Crippen LogP contribution in [0.15, 0.2) is 24.3 Å². The molecule has 0 unspecified atom stereocenters. The Labute approximate surface area is 104 Å². The van der Waals surface area contributed by atoms with Gasteiger partial charge in [0.05, 0.1) is 18.0 Å². The molecule has 0 aliphatic carbocycles. The summed E-state index contributed by atoms with van der Waals surface area (Å²) < 4.78 is 5.32. The molecule has 1 N–H and O–H groups in total. The number of rotatable bonds is 4. The molecule has 94 valence electrons. The largest absolute Gasteiger partial charge is 0.494 e. The Morgan fingerprint density at radius 1 is 1.33 bits per heavy atom. The first kappa shape index (κ1) is 12.1. The van der Waals surface area contributed by atoms with Crippen LogP contribution < -0.4 is 4.74 Å². The monoisotopic (exact) mass is 247 g/mol. The standard InChI is InChI=1S/C12H13N3O3/c1-3-18-10-6-4-9(5-7-10)15-13-8(2)11(14-15)12(16)17/h4-7H,3H2,1-2H3,(H,16,17). The van der Waals surface area contributed by atoms with Crippen LogP contribution in [-0.4, -0.2) is 32.7 Å². The highest BCUT2D eigenvalue weighted by Gasteiger charge is 2.14. The first-order chi connectivity index (χ1) is 8.61. The third-order valence-electron chi connectivity index (χ3n) is 2.36. The number of benzene rings is 1. The van der Waals surface area contributed by atoms with Crippen LogP contribution in [0.1, 0.15) is 23.1 Å². The summed E-state index contributed by atoms with van der Waals surface area (Å²) in [5.74, 6) is -0.326. The van der Waals surface area contributed by atoms with Crippen LogP contribution in [0, 0.1) is 6.92 Å². The SMILES string of the molecule is CCOc1ccc(-n2nc(C)c(C(=O)O)n2)cc1. The lowest BCUT2D eigenvalue weighted by atomic mass is 10.3. The van der Waals surface area contributed by atoms with Gasteiger partial charge in [-0.1, -0.05) is 0 Å². The highest BCUT2D eigenvalue weighted by Crippen LogP contribution is 2.15. The van der Waals surface area contributed by atoms with E-state index in [-0.39, 0.29) is 5.69 Å². The van der Waals surface area contributed by atoms with Gasteiger partial charge in [0.15, 0.2) is 5.69 Å². The van der Waals surface area contributed by atoms with E-state index in [4.69, 9.17) is 9.84 Å². The summed E-state index contributed by atoms with van der Waals surface area (Å²) in [5, 5.41) is 16.9. The molecule has 0 amide bonds. The molecule has 0 spiro atoms. The minimum absolute atomic E-state index is 0.0381. The molecule has 0 fully saturated rings. The van der Waals surface area contributed by atoms with Crippen LogP contribution in [0.25, 0.3) is 5.69 Å². The van der Waals surface area contributed by atoms with E-state index < -0.39 is 5.97 Å². The van der Waals surface area contributed by atoms with Gasteiger partial charge in [-0.2, -0.15) is 9.90 Å². The summed E-state index contributed by atoms with van der Waals surface area (Å²) in [4.78, 5) is 12.2. The topological polar surface area (TPSA) is 77.2 Å². The average Bonchev–Trinajstić information content (AvgIpc) is 2.73. The molecule has 0 saturated heterocycles. The van der Waals surface area contributed by atoms with Gasteiger partial charge in [0.2, 0.25) is 0 Å². The molecule has 0 saturated carbocycles. The summed E-state index contributed by atoms with van der Waals surface area (Å²) in [6.45, 7) is 4.12. The Balaban J connectivity index is 2.31. The number of aromatic nitrogens is 3. The van der Waals surface area contributed by atoms with Crippen LogP contribution in [0.4, 0.5) is 0 Å². The van der Waals surface area contributed by atoms with E-state index in [0.717, 1.165) is 5.75 Å². The number of carbonyl (C=O) groups is 1. The van der Waals surface area contributed by atoms with Crippen LogP contribution in [0.3, 0.4) is 0 Å². The molecule has 18 heavy (non-hydrogen) atoms. The highest BCUT2D eigenvalue weighted by atomic mass is 16.5. The Bertz CT molecular complexity index is 560. The van der Waals surface area contributed by atoms with E-state index in [1.165, 1.54) is 4.80 Å². The van der Waals surface area contributed by atoms with Gasteiger partial charge < -0.3 is 9.84 Å². The second-order valence-corrected chi connectivity index (χ2v) is 3.66. The lowest BCUT2D eigenvalue weighted by Gasteiger charge is -2.03. The molecular weight excluding hydrogens is 234 g/mol. The third kappa shape index (κ3) is 2.32. The zero-order chi connectivity index (χ0) is 13.1. The molecule has 2 rings (SSSR count). The molecule has 0 bridgehead atoms. The van der Waals surface area contributed by atoms with Crippen molar-refractivity contribution in [1.82, 2.24) is 15.0 Å². The van der Waals surface area contributed by atoms with Crippen LogP contribution >= 0.6 is 0 Å². The first-order valence-electron chi connectivity index (χ1n) is 5.52. The van der Waals surface area contributed by atoms with Gasteiger partial charge >= 0.3 is 5.97 Å². The second-order valence-electron chi connectivity index (χ2n) is 3.66. The molecule has 6 heteroatoms. The van der Waals surface area contributed by atoms with Crippen molar-refractivity contribution in [3.8, 4) is 11.4 Å². The van der Waals surface area contributed by atoms with Gasteiger partial charge in [-0.25, -0.2) is 4.79 Å². The van der Waals surface area contributed by atoms with Crippen LogP contribution in [0.2, 0.25) is 0 Å². The van der Waals surface area contributed by atoms with Gasteiger partial charge in [-0.15, -0.1) is 5.10 Å². The molecule has 0 aliphatic rings. The van der Waals surface area contributed by atoms with Crippen LogP contribution in [-0.2, 0) is 0 Å². The van der Waals surface area contributed by atoms with Crippen molar-refractivity contribution < 1.29 is 14.6 Å². The smallest absolute Gasteiger partial charge is 0.358 e. The molecular formula is C12H13N3O3. The van der Waals surface area contributed by atoms with Crippen molar-refractivity contribution in [1.29, 1.82) is 0 Å². The molecule has 6 nitrogen and oxygen atoms in total. The minimum atomic E-state index is -1.08. The predicted octanol–water partition coefficient (Wildman–Crippen LogP) is 1.67. The van der Waals surface area contributed by atoms with Crippen molar-refractivity contribution in [2.75, 3.05) is 6.61 Å². The van der Waals surface area contributed by atoms with Crippen molar-refractivity contribution >= 4 is 5.97 Å². The fourth-order valence-corrected chi connectivity index (χ4v) is 1.53.